The number of hydrogen-bond acceptors (Lipinski definition) is 4. The molecule has 1 aromatic carbocycles. The fourth-order valence-corrected chi connectivity index (χ4v) is 3.32. The van der Waals surface area contributed by atoms with Crippen molar-refractivity contribution in [3.8, 4) is 11.8 Å². The standard InChI is InChI=1S/C18H23BrN2O3/c1-12-6-13(8-20)7-14(19)15(12)23-11-18(5)9-21(10-18)16(22)24-17(2,3)4/h6-7H,9-11H2,1-5H3. The molecular weight excluding hydrogens is 372 g/mol. The first-order chi connectivity index (χ1) is 11.0. The number of carbonyl (C=O) groups is 1. The van der Waals surface area contributed by atoms with Crippen LogP contribution in [-0.2, 0) is 4.74 Å². The van der Waals surface area contributed by atoms with Crippen molar-refractivity contribution in [2.75, 3.05) is 19.7 Å². The third-order valence-corrected chi connectivity index (χ3v) is 4.31. The normalized spacial score (nSPS) is 16.1. The molecule has 130 valence electrons. The lowest BCUT2D eigenvalue weighted by Crippen LogP contribution is -2.60. The third-order valence-electron chi connectivity index (χ3n) is 3.72. The van der Waals surface area contributed by atoms with Crippen LogP contribution >= 0.6 is 15.9 Å². The Morgan fingerprint density at radius 2 is 2.04 bits per heavy atom. The number of likely N-dealkylation sites (tertiary alicyclic amines) is 1. The smallest absolute Gasteiger partial charge is 0.410 e. The number of amides is 1. The molecule has 1 saturated heterocycles. The summed E-state index contributed by atoms with van der Waals surface area (Å²) in [6, 6.07) is 5.67. The van der Waals surface area contributed by atoms with Crippen molar-refractivity contribution < 1.29 is 14.3 Å². The van der Waals surface area contributed by atoms with E-state index in [0.29, 0.717) is 25.3 Å². The van der Waals surface area contributed by atoms with E-state index in [1.807, 2.05) is 27.7 Å². The summed E-state index contributed by atoms with van der Waals surface area (Å²) in [5.74, 6) is 0.742. The zero-order chi connectivity index (χ0) is 18.1. The van der Waals surface area contributed by atoms with Gasteiger partial charge in [-0.3, -0.25) is 0 Å². The average molecular weight is 395 g/mol. The zero-order valence-electron chi connectivity index (χ0n) is 14.8. The van der Waals surface area contributed by atoms with Gasteiger partial charge in [-0.25, -0.2) is 4.79 Å². The molecule has 0 atom stereocenters. The number of benzene rings is 1. The first-order valence-corrected chi connectivity index (χ1v) is 8.63. The van der Waals surface area contributed by atoms with E-state index < -0.39 is 5.60 Å². The summed E-state index contributed by atoms with van der Waals surface area (Å²) in [5.41, 5.74) is 0.923. The summed E-state index contributed by atoms with van der Waals surface area (Å²) in [6.45, 7) is 11.3. The first kappa shape index (κ1) is 18.6. The molecule has 1 aliphatic heterocycles. The molecule has 1 fully saturated rings. The Balaban J connectivity index is 1.93. The number of nitrogens with zero attached hydrogens (tertiary/aromatic N) is 2. The Labute approximate surface area is 151 Å². The van der Waals surface area contributed by atoms with Gasteiger partial charge in [0.05, 0.1) is 22.7 Å². The molecule has 0 N–H and O–H groups in total. The molecule has 1 aliphatic rings. The van der Waals surface area contributed by atoms with Crippen LogP contribution in [0.15, 0.2) is 16.6 Å². The van der Waals surface area contributed by atoms with Gasteiger partial charge in [0.1, 0.15) is 11.4 Å². The molecule has 1 heterocycles. The predicted molar refractivity (Wildman–Crippen MR) is 95.0 cm³/mol. The van der Waals surface area contributed by atoms with E-state index >= 15 is 0 Å². The number of hydrogen-bond donors (Lipinski definition) is 0. The average Bonchev–Trinajstić information content (AvgIpc) is 2.41. The van der Waals surface area contributed by atoms with Crippen LogP contribution < -0.4 is 4.74 Å². The van der Waals surface area contributed by atoms with Gasteiger partial charge in [-0.05, 0) is 61.3 Å². The minimum absolute atomic E-state index is 0.101. The number of ether oxygens (including phenoxy) is 2. The van der Waals surface area contributed by atoms with Crippen molar-refractivity contribution in [1.29, 1.82) is 5.26 Å². The lowest BCUT2D eigenvalue weighted by Gasteiger charge is -2.47. The highest BCUT2D eigenvalue weighted by Gasteiger charge is 2.43. The Hall–Kier alpha value is -1.74. The van der Waals surface area contributed by atoms with Crippen LogP contribution in [0.25, 0.3) is 0 Å². The van der Waals surface area contributed by atoms with Gasteiger partial charge in [0.2, 0.25) is 0 Å². The number of nitriles is 1. The second kappa shape index (κ2) is 6.64. The number of aryl methyl sites for hydroxylation is 1. The molecule has 1 aromatic rings. The van der Waals surface area contributed by atoms with Crippen molar-refractivity contribution in [2.24, 2.45) is 5.41 Å². The summed E-state index contributed by atoms with van der Waals surface area (Å²) < 4.78 is 12.1. The Bertz CT molecular complexity index is 659. The maximum atomic E-state index is 12.0. The topological polar surface area (TPSA) is 62.6 Å². The van der Waals surface area contributed by atoms with E-state index in [1.54, 1.807) is 17.0 Å². The predicted octanol–water partition coefficient (Wildman–Crippen LogP) is 4.27. The summed E-state index contributed by atoms with van der Waals surface area (Å²) in [4.78, 5) is 13.7. The molecule has 0 spiro atoms. The Morgan fingerprint density at radius 1 is 1.42 bits per heavy atom. The van der Waals surface area contributed by atoms with Gasteiger partial charge in [0, 0.05) is 18.5 Å². The van der Waals surface area contributed by atoms with Crippen LogP contribution in [0.4, 0.5) is 4.79 Å². The molecule has 24 heavy (non-hydrogen) atoms. The molecule has 0 unspecified atom stereocenters. The van der Waals surface area contributed by atoms with E-state index in [4.69, 9.17) is 14.7 Å². The molecule has 0 radical (unpaired) electrons. The molecule has 0 saturated carbocycles. The second-order valence-corrected chi connectivity index (χ2v) is 8.51. The van der Waals surface area contributed by atoms with E-state index in [2.05, 4.69) is 28.9 Å². The van der Waals surface area contributed by atoms with Crippen LogP contribution in [-0.4, -0.2) is 36.3 Å². The Kier molecular flexibility index (Phi) is 5.14. The van der Waals surface area contributed by atoms with Crippen LogP contribution in [0.2, 0.25) is 0 Å². The molecular formula is C18H23BrN2O3. The fraction of sp³-hybridized carbons (Fsp3) is 0.556. The van der Waals surface area contributed by atoms with Crippen molar-refractivity contribution in [3.63, 3.8) is 0 Å². The summed E-state index contributed by atoms with van der Waals surface area (Å²) in [5, 5.41) is 8.98. The Morgan fingerprint density at radius 3 is 2.54 bits per heavy atom. The van der Waals surface area contributed by atoms with Crippen LogP contribution in [0, 0.1) is 23.7 Å². The minimum atomic E-state index is -0.482. The van der Waals surface area contributed by atoms with E-state index in [1.165, 1.54) is 0 Å². The lowest BCUT2D eigenvalue weighted by atomic mass is 9.83. The molecule has 1 amide bonds. The largest absolute Gasteiger partial charge is 0.491 e. The molecule has 0 bridgehead atoms. The summed E-state index contributed by atoms with van der Waals surface area (Å²) in [6.07, 6.45) is -0.282. The van der Waals surface area contributed by atoms with Crippen molar-refractivity contribution in [2.45, 2.75) is 40.2 Å². The first-order valence-electron chi connectivity index (χ1n) is 7.84. The maximum Gasteiger partial charge on any atom is 0.410 e. The van der Waals surface area contributed by atoms with Gasteiger partial charge in [0.15, 0.2) is 0 Å². The molecule has 6 heteroatoms. The number of rotatable bonds is 3. The number of halogens is 1. The van der Waals surface area contributed by atoms with Gasteiger partial charge in [-0.1, -0.05) is 6.92 Å². The van der Waals surface area contributed by atoms with Crippen LogP contribution in [0.3, 0.4) is 0 Å². The van der Waals surface area contributed by atoms with Crippen LogP contribution in [0.5, 0.6) is 5.75 Å². The third kappa shape index (κ3) is 4.41. The van der Waals surface area contributed by atoms with E-state index in [-0.39, 0.29) is 11.5 Å². The quantitative estimate of drug-likeness (QED) is 0.767. The fourth-order valence-electron chi connectivity index (χ4n) is 2.65. The maximum absolute atomic E-state index is 12.0. The zero-order valence-corrected chi connectivity index (χ0v) is 16.4. The highest BCUT2D eigenvalue weighted by atomic mass is 79.9. The monoisotopic (exact) mass is 394 g/mol. The highest BCUT2D eigenvalue weighted by Crippen LogP contribution is 2.35. The highest BCUT2D eigenvalue weighted by molar-refractivity contribution is 9.10. The SMILES string of the molecule is Cc1cc(C#N)cc(Br)c1OCC1(C)CN(C(=O)OC(C)(C)C)C1. The van der Waals surface area contributed by atoms with Crippen molar-refractivity contribution in [3.05, 3.63) is 27.7 Å². The summed E-state index contributed by atoms with van der Waals surface area (Å²) in [7, 11) is 0. The second-order valence-electron chi connectivity index (χ2n) is 7.65. The molecule has 0 aromatic heterocycles. The summed E-state index contributed by atoms with van der Waals surface area (Å²) >= 11 is 3.45. The van der Waals surface area contributed by atoms with Crippen LogP contribution in [0.1, 0.15) is 38.8 Å². The lowest BCUT2D eigenvalue weighted by molar-refractivity contribution is -0.0430. The van der Waals surface area contributed by atoms with Gasteiger partial charge < -0.3 is 14.4 Å². The van der Waals surface area contributed by atoms with Gasteiger partial charge >= 0.3 is 6.09 Å². The molecule has 5 nitrogen and oxygen atoms in total. The van der Waals surface area contributed by atoms with E-state index in [0.717, 1.165) is 15.8 Å². The molecule has 0 aliphatic carbocycles. The van der Waals surface area contributed by atoms with Gasteiger partial charge in [-0.2, -0.15) is 5.26 Å². The van der Waals surface area contributed by atoms with Gasteiger partial charge in [-0.15, -0.1) is 0 Å². The van der Waals surface area contributed by atoms with E-state index in [9.17, 15) is 4.79 Å². The minimum Gasteiger partial charge on any atom is -0.491 e. The molecule has 2 rings (SSSR count). The number of carbonyl (C=O) groups excluding carboxylic acids is 1. The van der Waals surface area contributed by atoms with Crippen molar-refractivity contribution >= 4 is 22.0 Å². The van der Waals surface area contributed by atoms with Crippen molar-refractivity contribution in [1.82, 2.24) is 4.90 Å². The van der Waals surface area contributed by atoms with Gasteiger partial charge in [0.25, 0.3) is 0 Å².